The van der Waals surface area contributed by atoms with Crippen molar-refractivity contribution in [2.75, 3.05) is 20.7 Å². The van der Waals surface area contributed by atoms with Crippen LogP contribution in [0.1, 0.15) is 51.7 Å². The number of rotatable bonds is 13. The van der Waals surface area contributed by atoms with Crippen molar-refractivity contribution in [3.05, 3.63) is 96.1 Å². The molecule has 0 aromatic heterocycles. The lowest BCUT2D eigenvalue weighted by Gasteiger charge is -2.33. The zero-order chi connectivity index (χ0) is 33.6. The second kappa shape index (κ2) is 17.7. The highest BCUT2D eigenvalue weighted by molar-refractivity contribution is 5.95. The second-order valence-electron chi connectivity index (χ2n) is 11.8. The number of benzene rings is 3. The lowest BCUT2D eigenvalue weighted by Crippen LogP contribution is -2.55. The molecule has 0 saturated carbocycles. The molecule has 0 aliphatic heterocycles. The van der Waals surface area contributed by atoms with Gasteiger partial charge < -0.3 is 26.0 Å². The summed E-state index contributed by atoms with van der Waals surface area (Å²) in [6.45, 7) is 7.68. The number of amides is 3. The van der Waals surface area contributed by atoms with Crippen LogP contribution in [0.15, 0.2) is 84.9 Å². The third-order valence-electron chi connectivity index (χ3n) is 7.17. The molecule has 242 valence electrons. The summed E-state index contributed by atoms with van der Waals surface area (Å²) in [5, 5.41) is 2.13. The number of carbonyl (C=O) groups excluding carboxylic acids is 4. The number of likely N-dealkylation sites (N-methyl/N-ethyl adjacent to an activating group) is 2. The first-order valence-corrected chi connectivity index (χ1v) is 15.2. The number of carbonyl (C=O) groups is 4. The molecule has 3 aromatic carbocycles. The number of hydrogen-bond acceptors (Lipinski definition) is 6. The molecule has 0 radical (unpaired) electrons. The van der Waals surface area contributed by atoms with E-state index in [1.54, 1.807) is 20.2 Å². The summed E-state index contributed by atoms with van der Waals surface area (Å²) in [5.41, 5.74) is 13.1. The quantitative estimate of drug-likeness (QED) is 0.216. The first kappa shape index (κ1) is 36.7. The fourth-order valence-corrected chi connectivity index (χ4v) is 4.61. The minimum Gasteiger partial charge on any atom is -0.466 e. The fraction of sp³-hybridized carbons (Fsp3) is 0.389. The molecule has 0 spiro atoms. The van der Waals surface area contributed by atoms with Gasteiger partial charge in [0.2, 0.25) is 17.7 Å². The molecule has 4 N–H and O–H groups in total. The maximum Gasteiger partial charge on any atom is 0.302 e. The highest BCUT2D eigenvalue weighted by Gasteiger charge is 2.34. The van der Waals surface area contributed by atoms with Crippen LogP contribution in [-0.4, -0.2) is 71.8 Å². The molecule has 45 heavy (non-hydrogen) atoms. The Labute approximate surface area is 267 Å². The summed E-state index contributed by atoms with van der Waals surface area (Å²) in [7, 11) is 3.17. The Balaban J connectivity index is 0.000000900. The van der Waals surface area contributed by atoms with Crippen molar-refractivity contribution in [3.8, 4) is 0 Å². The zero-order valence-electron chi connectivity index (χ0n) is 27.4. The van der Waals surface area contributed by atoms with E-state index in [9.17, 15) is 19.2 Å². The van der Waals surface area contributed by atoms with Crippen molar-refractivity contribution in [1.29, 1.82) is 0 Å². The van der Waals surface area contributed by atoms with Crippen LogP contribution in [0.5, 0.6) is 0 Å². The van der Waals surface area contributed by atoms with E-state index < -0.39 is 23.5 Å². The van der Waals surface area contributed by atoms with E-state index in [4.69, 9.17) is 11.5 Å². The second-order valence-corrected chi connectivity index (χ2v) is 11.8. The lowest BCUT2D eigenvalue weighted by atomic mass is 9.98. The Morgan fingerprint density at radius 1 is 0.844 bits per heavy atom. The van der Waals surface area contributed by atoms with Crippen LogP contribution in [0.2, 0.25) is 0 Å². The van der Waals surface area contributed by atoms with Gasteiger partial charge in [-0.1, -0.05) is 85.8 Å². The summed E-state index contributed by atoms with van der Waals surface area (Å²) < 4.78 is 4.55. The van der Waals surface area contributed by atoms with E-state index in [-0.39, 0.29) is 30.6 Å². The molecule has 0 heterocycles. The SMILES string of the molecule is CCCOC(C)=O.CN(C(=O)/C=C/CC(C)(C)N)[C@H](Cc1ccc2ccccc2c1)C(=O)N(C)[C@H](Cc1ccccc1)C(N)=O. The molecule has 2 atom stereocenters. The molecular formula is C36H48N4O5. The monoisotopic (exact) mass is 616 g/mol. The number of ether oxygens (including phenoxy) is 1. The Kier molecular flexibility index (Phi) is 14.4. The maximum atomic E-state index is 13.9. The molecule has 3 aromatic rings. The van der Waals surface area contributed by atoms with E-state index in [0.717, 1.165) is 28.3 Å². The van der Waals surface area contributed by atoms with E-state index in [1.165, 1.54) is 22.8 Å². The zero-order valence-corrected chi connectivity index (χ0v) is 27.4. The van der Waals surface area contributed by atoms with Crippen LogP contribution < -0.4 is 11.5 Å². The van der Waals surface area contributed by atoms with Gasteiger partial charge in [-0.3, -0.25) is 19.2 Å². The first-order valence-electron chi connectivity index (χ1n) is 15.2. The molecule has 9 nitrogen and oxygen atoms in total. The molecule has 0 aliphatic carbocycles. The summed E-state index contributed by atoms with van der Waals surface area (Å²) >= 11 is 0. The molecule has 0 unspecified atom stereocenters. The van der Waals surface area contributed by atoms with Crippen molar-refractivity contribution in [1.82, 2.24) is 9.80 Å². The number of nitrogens with zero attached hydrogens (tertiary/aromatic N) is 2. The molecule has 3 rings (SSSR count). The summed E-state index contributed by atoms with van der Waals surface area (Å²) in [6.07, 6.45) is 5.15. The van der Waals surface area contributed by atoms with Gasteiger partial charge in [0.1, 0.15) is 12.1 Å². The van der Waals surface area contributed by atoms with Gasteiger partial charge in [-0.15, -0.1) is 0 Å². The molecule has 0 aliphatic rings. The number of nitrogens with two attached hydrogens (primary N) is 2. The maximum absolute atomic E-state index is 13.9. The van der Waals surface area contributed by atoms with Gasteiger partial charge in [0.25, 0.3) is 0 Å². The molecule has 0 bridgehead atoms. The average Bonchev–Trinajstić information content (AvgIpc) is 3.00. The summed E-state index contributed by atoms with van der Waals surface area (Å²) in [6, 6.07) is 21.7. The molecule has 9 heteroatoms. The number of fused-ring (bicyclic) bond motifs is 1. The van der Waals surface area contributed by atoms with Crippen LogP contribution in [0.25, 0.3) is 10.8 Å². The minimum atomic E-state index is -0.860. The topological polar surface area (TPSA) is 136 Å². The van der Waals surface area contributed by atoms with Crippen molar-refractivity contribution in [3.63, 3.8) is 0 Å². The predicted molar refractivity (Wildman–Crippen MR) is 179 cm³/mol. The smallest absolute Gasteiger partial charge is 0.302 e. The Hall–Kier alpha value is -4.50. The molecule has 0 fully saturated rings. The van der Waals surface area contributed by atoms with E-state index in [0.29, 0.717) is 13.0 Å². The molecule has 3 amide bonds. The van der Waals surface area contributed by atoms with Crippen molar-refractivity contribution in [2.45, 2.75) is 71.0 Å². The average molecular weight is 617 g/mol. The first-order chi connectivity index (χ1) is 21.2. The van der Waals surface area contributed by atoms with Crippen LogP contribution >= 0.6 is 0 Å². The van der Waals surface area contributed by atoms with Gasteiger partial charge in [0, 0.05) is 39.4 Å². The van der Waals surface area contributed by atoms with Gasteiger partial charge in [0.05, 0.1) is 6.61 Å². The van der Waals surface area contributed by atoms with Gasteiger partial charge in [0.15, 0.2) is 0 Å². The van der Waals surface area contributed by atoms with Crippen molar-refractivity contribution in [2.24, 2.45) is 11.5 Å². The third-order valence-corrected chi connectivity index (χ3v) is 7.17. The number of esters is 1. The van der Waals surface area contributed by atoms with E-state index >= 15 is 0 Å². The van der Waals surface area contributed by atoms with Gasteiger partial charge in [-0.2, -0.15) is 0 Å². The highest BCUT2D eigenvalue weighted by atomic mass is 16.5. The summed E-state index contributed by atoms with van der Waals surface area (Å²) in [4.78, 5) is 52.3. The van der Waals surface area contributed by atoms with Crippen LogP contribution in [0, 0.1) is 0 Å². The Bertz CT molecular complexity index is 1450. The van der Waals surface area contributed by atoms with Gasteiger partial charge in [-0.05, 0) is 54.7 Å². The molecular weight excluding hydrogens is 568 g/mol. The van der Waals surface area contributed by atoms with Crippen molar-refractivity contribution >= 4 is 34.5 Å². The third kappa shape index (κ3) is 12.6. The highest BCUT2D eigenvalue weighted by Crippen LogP contribution is 2.20. The predicted octanol–water partition coefficient (Wildman–Crippen LogP) is 4.41. The lowest BCUT2D eigenvalue weighted by molar-refractivity contribution is -0.145. The summed E-state index contributed by atoms with van der Waals surface area (Å²) in [5.74, 6) is -1.48. The molecule has 0 saturated heterocycles. The van der Waals surface area contributed by atoms with E-state index in [1.807, 2.05) is 93.6 Å². The van der Waals surface area contributed by atoms with Crippen LogP contribution in [0.4, 0.5) is 0 Å². The number of hydrogen-bond donors (Lipinski definition) is 2. The largest absolute Gasteiger partial charge is 0.466 e. The standard InChI is InChI=1S/C31H38N4O3.C5H10O2/c1-31(2,33)18-10-15-28(36)34(3)27(21-23-16-17-24-13-8-9-14-25(24)19-23)30(38)35(4)26(29(32)37)20-22-11-6-5-7-12-22;1-3-4-7-5(2)6/h5-17,19,26-27H,18,20-21,33H2,1-4H3,(H2,32,37);3-4H2,1-2H3/b15-10+;/t26-,27-;/m1./s1. The Morgan fingerprint density at radius 2 is 1.44 bits per heavy atom. The van der Waals surface area contributed by atoms with Crippen molar-refractivity contribution < 1.29 is 23.9 Å². The number of primary amides is 1. The van der Waals surface area contributed by atoms with Crippen LogP contribution in [-0.2, 0) is 36.8 Å². The fourth-order valence-electron chi connectivity index (χ4n) is 4.61. The minimum absolute atomic E-state index is 0.193. The van der Waals surface area contributed by atoms with E-state index in [2.05, 4.69) is 4.74 Å². The normalized spacial score (nSPS) is 12.5. The van der Waals surface area contributed by atoms with Crippen LogP contribution in [0.3, 0.4) is 0 Å². The van der Waals surface area contributed by atoms with Gasteiger partial charge in [-0.25, -0.2) is 0 Å². The Morgan fingerprint density at radius 3 is 2.00 bits per heavy atom. The van der Waals surface area contributed by atoms with Gasteiger partial charge >= 0.3 is 5.97 Å².